The molecule has 2 aromatic rings. The van der Waals surface area contributed by atoms with Crippen molar-refractivity contribution in [2.24, 2.45) is 0 Å². The van der Waals surface area contributed by atoms with Gasteiger partial charge in [0, 0.05) is 24.2 Å². The van der Waals surface area contributed by atoms with Crippen LogP contribution in [0.5, 0.6) is 0 Å². The van der Waals surface area contributed by atoms with Crippen LogP contribution < -0.4 is 4.31 Å². The van der Waals surface area contributed by atoms with Gasteiger partial charge in [0.1, 0.15) is 17.2 Å². The number of sulfonamides is 1. The molecule has 1 unspecified atom stereocenters. The van der Waals surface area contributed by atoms with Crippen LogP contribution in [0.3, 0.4) is 0 Å². The fourth-order valence-electron chi connectivity index (χ4n) is 3.69. The Balaban J connectivity index is 2.04. The zero-order valence-electron chi connectivity index (χ0n) is 18.3. The zero-order valence-corrected chi connectivity index (χ0v) is 19.9. The van der Waals surface area contributed by atoms with Gasteiger partial charge in [-0.05, 0) is 76.6 Å². The number of hydrogen-bond donors (Lipinski definition) is 0. The van der Waals surface area contributed by atoms with E-state index in [0.29, 0.717) is 30.3 Å². The summed E-state index contributed by atoms with van der Waals surface area (Å²) < 4.78 is 63.0. The van der Waals surface area contributed by atoms with Gasteiger partial charge < -0.3 is 9.64 Å². The molecule has 1 aliphatic rings. The third-order valence-electron chi connectivity index (χ3n) is 5.02. The van der Waals surface area contributed by atoms with Gasteiger partial charge in [-0.2, -0.15) is 0 Å². The maximum absolute atomic E-state index is 14.8. The topological polar surface area (TPSA) is 49.9 Å². The smallest absolute Gasteiger partial charge is 0.264 e. The molecule has 0 amide bonds. The van der Waals surface area contributed by atoms with Gasteiger partial charge in [-0.15, -0.1) is 0 Å². The first-order valence-electron chi connectivity index (χ1n) is 10.3. The van der Waals surface area contributed by atoms with Crippen LogP contribution in [0.1, 0.15) is 33.6 Å². The van der Waals surface area contributed by atoms with Crippen molar-refractivity contribution >= 4 is 27.3 Å². The van der Waals surface area contributed by atoms with Crippen LogP contribution in [0.2, 0.25) is 5.02 Å². The molecular weight excluding hydrogens is 458 g/mol. The van der Waals surface area contributed by atoms with Gasteiger partial charge in [0.15, 0.2) is 5.88 Å². The summed E-state index contributed by atoms with van der Waals surface area (Å²) in [5.74, 6) is -1.15. The van der Waals surface area contributed by atoms with Crippen molar-refractivity contribution in [1.29, 1.82) is 0 Å². The molecule has 0 saturated carbocycles. The molecule has 2 aromatic carbocycles. The molecule has 0 radical (unpaired) electrons. The number of hydrogen-bond acceptors (Lipinski definition) is 4. The zero-order chi connectivity index (χ0) is 23.7. The number of nitrogens with zero attached hydrogens (tertiary/aromatic N) is 2. The van der Waals surface area contributed by atoms with Gasteiger partial charge >= 0.3 is 0 Å². The Morgan fingerprint density at radius 1 is 1.19 bits per heavy atom. The van der Waals surface area contributed by atoms with Crippen molar-refractivity contribution in [1.82, 2.24) is 4.90 Å². The van der Waals surface area contributed by atoms with Crippen LogP contribution in [0.15, 0.2) is 59.8 Å². The first-order chi connectivity index (χ1) is 14.9. The Kier molecular flexibility index (Phi) is 7.05. The predicted octanol–water partition coefficient (Wildman–Crippen LogP) is 5.56. The summed E-state index contributed by atoms with van der Waals surface area (Å²) >= 11 is 5.91. The number of piperidine rings is 1. The summed E-state index contributed by atoms with van der Waals surface area (Å²) in [4.78, 5) is 1.77. The molecule has 0 aromatic heterocycles. The van der Waals surface area contributed by atoms with Crippen molar-refractivity contribution in [2.45, 2.75) is 50.2 Å². The summed E-state index contributed by atoms with van der Waals surface area (Å²) in [5, 5.41) is 0.368. The highest BCUT2D eigenvalue weighted by Crippen LogP contribution is 2.33. The molecule has 1 aliphatic heterocycles. The van der Waals surface area contributed by atoms with Crippen LogP contribution >= 0.6 is 11.6 Å². The van der Waals surface area contributed by atoms with E-state index in [-0.39, 0.29) is 17.1 Å². The molecule has 0 aliphatic carbocycles. The van der Waals surface area contributed by atoms with E-state index in [1.54, 1.807) is 0 Å². The number of likely N-dealkylation sites (tertiary alicyclic amines) is 1. The van der Waals surface area contributed by atoms with E-state index in [0.717, 1.165) is 22.5 Å². The molecule has 1 heterocycles. The summed E-state index contributed by atoms with van der Waals surface area (Å²) in [7, 11) is -4.22. The average molecular weight is 485 g/mol. The van der Waals surface area contributed by atoms with Crippen LogP contribution in [0.25, 0.3) is 0 Å². The Hall–Kier alpha value is -2.32. The van der Waals surface area contributed by atoms with Gasteiger partial charge in [0.25, 0.3) is 10.0 Å². The van der Waals surface area contributed by atoms with Crippen LogP contribution in [-0.4, -0.2) is 38.1 Å². The van der Waals surface area contributed by atoms with Gasteiger partial charge in [-0.3, -0.25) is 4.31 Å². The van der Waals surface area contributed by atoms with E-state index in [4.69, 9.17) is 16.3 Å². The lowest BCUT2D eigenvalue weighted by Gasteiger charge is -2.41. The maximum atomic E-state index is 14.8. The third-order valence-corrected chi connectivity index (χ3v) is 7.15. The monoisotopic (exact) mass is 484 g/mol. The summed E-state index contributed by atoms with van der Waals surface area (Å²) in [6, 6.07) is 7.72. The second kappa shape index (κ2) is 9.27. The average Bonchev–Trinajstić information content (AvgIpc) is 2.70. The Morgan fingerprint density at radius 3 is 2.47 bits per heavy atom. The van der Waals surface area contributed by atoms with E-state index in [1.807, 2.05) is 25.7 Å². The molecule has 1 saturated heterocycles. The van der Waals surface area contributed by atoms with E-state index < -0.39 is 33.3 Å². The second-order valence-electron chi connectivity index (χ2n) is 8.70. The number of anilines is 1. The lowest BCUT2D eigenvalue weighted by atomic mass is 10.1. The van der Waals surface area contributed by atoms with Gasteiger partial charge in [0.2, 0.25) is 0 Å². The number of rotatable bonds is 6. The highest BCUT2D eigenvalue weighted by Gasteiger charge is 2.37. The fraction of sp³-hybridized carbons (Fsp3) is 0.391. The fourth-order valence-corrected chi connectivity index (χ4v) is 5.48. The molecule has 0 bridgehead atoms. The SMILES string of the molecule is C=C(OC(C)(C)C)N1CCCC(N(c2cc(F)ccc2F)S(=O)(=O)c2ccc(Cl)cc2)C1. The van der Waals surface area contributed by atoms with Crippen molar-refractivity contribution < 1.29 is 21.9 Å². The van der Waals surface area contributed by atoms with Crippen LogP contribution in [0, 0.1) is 11.6 Å². The van der Waals surface area contributed by atoms with Gasteiger partial charge in [0.05, 0.1) is 16.6 Å². The normalized spacial score (nSPS) is 17.2. The minimum absolute atomic E-state index is 0.0625. The predicted molar refractivity (Wildman–Crippen MR) is 122 cm³/mol. The largest absolute Gasteiger partial charge is 0.474 e. The molecule has 9 heteroatoms. The van der Waals surface area contributed by atoms with Gasteiger partial charge in [-0.25, -0.2) is 17.2 Å². The molecule has 174 valence electrons. The van der Waals surface area contributed by atoms with E-state index in [2.05, 4.69) is 6.58 Å². The number of ether oxygens (including phenoxy) is 1. The van der Waals surface area contributed by atoms with Gasteiger partial charge in [-0.1, -0.05) is 11.6 Å². The number of benzene rings is 2. The van der Waals surface area contributed by atoms with E-state index in [1.165, 1.54) is 24.3 Å². The quantitative estimate of drug-likeness (QED) is 0.503. The summed E-state index contributed by atoms with van der Waals surface area (Å²) in [6.45, 7) is 10.5. The van der Waals surface area contributed by atoms with Crippen LogP contribution in [0.4, 0.5) is 14.5 Å². The summed E-state index contributed by atoms with van der Waals surface area (Å²) in [5.41, 5.74) is -0.817. The van der Waals surface area contributed by atoms with Crippen molar-refractivity contribution in [3.8, 4) is 0 Å². The first-order valence-corrected chi connectivity index (χ1v) is 12.1. The molecular formula is C23H27ClF2N2O3S. The molecule has 1 atom stereocenters. The highest BCUT2D eigenvalue weighted by molar-refractivity contribution is 7.92. The highest BCUT2D eigenvalue weighted by atomic mass is 35.5. The Labute approximate surface area is 193 Å². The third kappa shape index (κ3) is 5.53. The molecule has 1 fully saturated rings. The van der Waals surface area contributed by atoms with E-state index in [9.17, 15) is 17.2 Å². The lowest BCUT2D eigenvalue weighted by Crippen LogP contribution is -2.51. The molecule has 0 N–H and O–H groups in total. The maximum Gasteiger partial charge on any atom is 0.264 e. The molecule has 0 spiro atoms. The molecule has 3 rings (SSSR count). The minimum atomic E-state index is -4.22. The molecule has 32 heavy (non-hydrogen) atoms. The lowest BCUT2D eigenvalue weighted by molar-refractivity contribution is -0.00327. The standard InChI is InChI=1S/C23H27ClF2N2O3S/c1-16(31-23(2,3)4)27-13-5-6-19(15-27)28(22-14-18(25)9-12-21(22)26)32(29,30)20-10-7-17(24)8-11-20/h7-12,14,19H,1,5-6,13,15H2,2-4H3. The minimum Gasteiger partial charge on any atom is -0.474 e. The summed E-state index contributed by atoms with van der Waals surface area (Å²) in [6.07, 6.45) is 1.09. The van der Waals surface area contributed by atoms with Crippen molar-refractivity contribution in [3.05, 3.63) is 71.6 Å². The molecule has 5 nitrogen and oxygen atoms in total. The van der Waals surface area contributed by atoms with Crippen molar-refractivity contribution in [3.63, 3.8) is 0 Å². The van der Waals surface area contributed by atoms with Crippen molar-refractivity contribution in [2.75, 3.05) is 17.4 Å². The van der Waals surface area contributed by atoms with Crippen LogP contribution in [-0.2, 0) is 14.8 Å². The second-order valence-corrected chi connectivity index (χ2v) is 11.0. The first kappa shape index (κ1) is 24.3. The van der Waals surface area contributed by atoms with E-state index >= 15 is 0 Å². The Morgan fingerprint density at radius 2 is 1.84 bits per heavy atom. The number of halogens is 3. The Bertz CT molecular complexity index is 1090.